The van der Waals surface area contributed by atoms with Crippen molar-refractivity contribution < 1.29 is 39.6 Å². The molecule has 3 aliphatic heterocycles. The number of methoxy groups -OCH3 is 1. The number of nitrogens with zero attached hydrogens (tertiary/aromatic N) is 3. The van der Waals surface area contributed by atoms with E-state index in [1.165, 1.54) is 4.90 Å². The Morgan fingerprint density at radius 1 is 1.04 bits per heavy atom. The van der Waals surface area contributed by atoms with Gasteiger partial charge in [0.1, 0.15) is 11.4 Å². The van der Waals surface area contributed by atoms with E-state index in [4.69, 9.17) is 18.9 Å². The van der Waals surface area contributed by atoms with Gasteiger partial charge in [0, 0.05) is 65.3 Å². The lowest BCUT2D eigenvalue weighted by atomic mass is 9.80. The molecule has 3 fully saturated rings. The molecule has 12 nitrogen and oxygen atoms in total. The van der Waals surface area contributed by atoms with Crippen LogP contribution in [0.5, 0.6) is 5.75 Å². The second-order valence-electron chi connectivity index (χ2n) is 16.1. The molecule has 3 heterocycles. The summed E-state index contributed by atoms with van der Waals surface area (Å²) in [6.45, 7) is 15.6. The van der Waals surface area contributed by atoms with Gasteiger partial charge in [-0.25, -0.2) is 4.79 Å². The number of likely N-dealkylation sites (tertiary alicyclic amines) is 1. The van der Waals surface area contributed by atoms with Crippen LogP contribution in [0.3, 0.4) is 0 Å². The molecular formula is C37H58N4O8. The van der Waals surface area contributed by atoms with Crippen LogP contribution in [0.1, 0.15) is 88.4 Å². The fourth-order valence-electron chi connectivity index (χ4n) is 7.23. The van der Waals surface area contributed by atoms with Gasteiger partial charge >= 0.3 is 6.09 Å². The SMILES string of the molecule is COCCCN1C(=O)C(C)(C)Oc2ccc(N(C(=O)[C@@H]3C[C@H](C(=O)NC(C)(C)C4CCOCC4)CN(C(=O)OC(C)(C)C)C3)C3CC3)cc21.[HH]. The van der Waals surface area contributed by atoms with Gasteiger partial charge in [-0.15, -0.1) is 0 Å². The lowest BCUT2D eigenvalue weighted by molar-refractivity contribution is -0.133. The van der Waals surface area contributed by atoms with Crippen LogP contribution in [-0.2, 0) is 28.6 Å². The van der Waals surface area contributed by atoms with Crippen molar-refractivity contribution in [2.24, 2.45) is 17.8 Å². The fraction of sp³-hybridized carbons (Fsp3) is 0.730. The third kappa shape index (κ3) is 8.68. The Bertz CT molecular complexity index is 1400. The van der Waals surface area contributed by atoms with Gasteiger partial charge in [-0.2, -0.15) is 0 Å². The molecule has 4 aliphatic rings. The standard InChI is InChI=1S/C37H56N4O8.H2/c1-35(2,3)49-34(45)39-22-24(31(42)38-36(4,5)26-14-18-47-19-15-26)20-25(23-39)32(43)41(27-10-11-27)28-12-13-30-29(21-28)40(16-9-17-46-8)33(44)37(6,7)48-30;/h12-13,21,24-27H,9-11,14-20,22-23H2,1-8H3,(H,38,42);1H/t24-,25+;/m0./s1. The molecular weight excluding hydrogens is 628 g/mol. The maximum Gasteiger partial charge on any atom is 0.410 e. The minimum absolute atomic E-state index is 0. The normalized spacial score (nSPS) is 23.0. The van der Waals surface area contributed by atoms with E-state index in [0.717, 1.165) is 25.7 Å². The van der Waals surface area contributed by atoms with Gasteiger partial charge in [0.05, 0.1) is 17.5 Å². The number of hydrogen-bond acceptors (Lipinski definition) is 8. The first-order valence-electron chi connectivity index (χ1n) is 17.9. The zero-order chi connectivity index (χ0) is 35.7. The molecule has 0 radical (unpaired) electrons. The number of ether oxygens (including phenoxy) is 4. The Morgan fingerprint density at radius 2 is 1.71 bits per heavy atom. The van der Waals surface area contributed by atoms with Gasteiger partial charge in [0.2, 0.25) is 11.8 Å². The van der Waals surface area contributed by atoms with Crippen molar-refractivity contribution in [1.82, 2.24) is 10.2 Å². The molecule has 0 unspecified atom stereocenters. The highest BCUT2D eigenvalue weighted by Crippen LogP contribution is 2.43. The number of amides is 4. The molecule has 49 heavy (non-hydrogen) atoms. The molecule has 1 saturated carbocycles. The van der Waals surface area contributed by atoms with E-state index < -0.39 is 34.7 Å². The molecule has 4 amide bonds. The van der Waals surface area contributed by atoms with Gasteiger partial charge in [0.15, 0.2) is 5.60 Å². The highest BCUT2D eigenvalue weighted by atomic mass is 16.6. The van der Waals surface area contributed by atoms with Gasteiger partial charge < -0.3 is 39.0 Å². The Kier molecular flexibility index (Phi) is 10.9. The lowest BCUT2D eigenvalue weighted by Gasteiger charge is -2.42. The predicted octanol–water partition coefficient (Wildman–Crippen LogP) is 5.16. The molecule has 0 spiro atoms. The topological polar surface area (TPSA) is 127 Å². The molecule has 1 aromatic carbocycles. The number of piperidine rings is 1. The predicted molar refractivity (Wildman–Crippen MR) is 188 cm³/mol. The number of carbonyl (C=O) groups is 4. The van der Waals surface area contributed by atoms with Crippen molar-refractivity contribution in [3.05, 3.63) is 18.2 Å². The number of benzene rings is 1. The van der Waals surface area contributed by atoms with E-state index in [1.807, 2.05) is 36.9 Å². The minimum atomic E-state index is -1.03. The molecule has 1 N–H and O–H groups in total. The highest BCUT2D eigenvalue weighted by Gasteiger charge is 2.46. The van der Waals surface area contributed by atoms with E-state index in [2.05, 4.69) is 5.32 Å². The first kappa shape index (κ1) is 36.9. The summed E-state index contributed by atoms with van der Waals surface area (Å²) in [5, 5.41) is 3.27. The van der Waals surface area contributed by atoms with E-state index in [1.54, 1.807) is 46.6 Å². The maximum atomic E-state index is 14.6. The van der Waals surface area contributed by atoms with E-state index >= 15 is 0 Å². The molecule has 1 aromatic rings. The third-order valence-electron chi connectivity index (χ3n) is 10.0. The molecule has 0 bridgehead atoms. The van der Waals surface area contributed by atoms with Crippen LogP contribution < -0.4 is 19.9 Å². The van der Waals surface area contributed by atoms with Crippen molar-refractivity contribution in [3.63, 3.8) is 0 Å². The summed E-state index contributed by atoms with van der Waals surface area (Å²) in [6, 6.07) is 5.54. The first-order valence-corrected chi connectivity index (χ1v) is 17.9. The van der Waals surface area contributed by atoms with Crippen molar-refractivity contribution in [1.29, 1.82) is 0 Å². The summed E-state index contributed by atoms with van der Waals surface area (Å²) in [4.78, 5) is 60.6. The van der Waals surface area contributed by atoms with Crippen molar-refractivity contribution in [2.45, 2.75) is 110 Å². The Labute approximate surface area is 292 Å². The van der Waals surface area contributed by atoms with Gasteiger partial charge in [0.25, 0.3) is 5.91 Å². The first-order chi connectivity index (χ1) is 23.0. The van der Waals surface area contributed by atoms with Crippen LogP contribution in [0, 0.1) is 17.8 Å². The highest BCUT2D eigenvalue weighted by molar-refractivity contribution is 6.04. The van der Waals surface area contributed by atoms with Crippen LogP contribution in [0.4, 0.5) is 16.2 Å². The Hall–Kier alpha value is -3.38. The molecule has 5 rings (SSSR count). The number of fused-ring (bicyclic) bond motifs is 1. The van der Waals surface area contributed by atoms with Crippen molar-refractivity contribution in [3.8, 4) is 5.75 Å². The van der Waals surface area contributed by atoms with E-state index in [0.29, 0.717) is 56.3 Å². The monoisotopic (exact) mass is 686 g/mol. The van der Waals surface area contributed by atoms with Crippen LogP contribution in [0.25, 0.3) is 0 Å². The number of hydrogen-bond donors (Lipinski definition) is 1. The molecule has 1 aliphatic carbocycles. The average Bonchev–Trinajstić information content (AvgIpc) is 3.87. The molecule has 2 saturated heterocycles. The summed E-state index contributed by atoms with van der Waals surface area (Å²) >= 11 is 0. The van der Waals surface area contributed by atoms with E-state index in [9.17, 15) is 19.2 Å². The summed E-state index contributed by atoms with van der Waals surface area (Å²) in [7, 11) is 1.63. The summed E-state index contributed by atoms with van der Waals surface area (Å²) in [5.41, 5.74) is -0.960. The number of carbonyl (C=O) groups excluding carboxylic acids is 4. The van der Waals surface area contributed by atoms with Crippen LogP contribution >= 0.6 is 0 Å². The third-order valence-corrected chi connectivity index (χ3v) is 10.0. The van der Waals surface area contributed by atoms with E-state index in [-0.39, 0.29) is 44.2 Å². The molecule has 0 aromatic heterocycles. The Balaban J connectivity index is 0.00000562. The van der Waals surface area contributed by atoms with Crippen LogP contribution in [-0.4, -0.2) is 98.1 Å². The number of nitrogens with one attached hydrogen (secondary N) is 1. The zero-order valence-electron chi connectivity index (χ0n) is 30.6. The van der Waals surface area contributed by atoms with Gasteiger partial charge in [-0.3, -0.25) is 14.4 Å². The smallest absolute Gasteiger partial charge is 0.410 e. The van der Waals surface area contributed by atoms with Crippen molar-refractivity contribution >= 4 is 35.2 Å². The largest absolute Gasteiger partial charge is 0.476 e. The molecule has 274 valence electrons. The average molecular weight is 687 g/mol. The second kappa shape index (κ2) is 14.5. The second-order valence-corrected chi connectivity index (χ2v) is 16.1. The molecule has 12 heteroatoms. The van der Waals surface area contributed by atoms with Crippen LogP contribution in [0.2, 0.25) is 0 Å². The van der Waals surface area contributed by atoms with Gasteiger partial charge in [-0.05, 0) is 111 Å². The quantitative estimate of drug-likeness (QED) is 0.335. The number of rotatable bonds is 10. The summed E-state index contributed by atoms with van der Waals surface area (Å²) in [6.07, 6.45) is 3.81. The minimum Gasteiger partial charge on any atom is -0.476 e. The lowest BCUT2D eigenvalue weighted by Crippen LogP contribution is -2.57. The van der Waals surface area contributed by atoms with Crippen molar-refractivity contribution in [2.75, 3.05) is 56.4 Å². The summed E-state index contributed by atoms with van der Waals surface area (Å²) in [5.74, 6) is -0.858. The maximum absolute atomic E-state index is 14.6. The molecule has 2 atom stereocenters. The Morgan fingerprint density at radius 3 is 2.35 bits per heavy atom. The summed E-state index contributed by atoms with van der Waals surface area (Å²) < 4.78 is 22.7. The number of anilines is 2. The zero-order valence-corrected chi connectivity index (χ0v) is 30.6. The fourth-order valence-corrected chi connectivity index (χ4v) is 7.23. The van der Waals surface area contributed by atoms with Gasteiger partial charge in [-0.1, -0.05) is 0 Å². The van der Waals surface area contributed by atoms with Crippen LogP contribution in [0.15, 0.2) is 18.2 Å².